The predicted octanol–water partition coefficient (Wildman–Crippen LogP) is 1.42. The topological polar surface area (TPSA) is 63.4 Å². The lowest BCUT2D eigenvalue weighted by atomic mass is 10.1. The molecule has 1 aromatic carbocycles. The fourth-order valence-corrected chi connectivity index (χ4v) is 1.39. The van der Waals surface area contributed by atoms with E-state index in [0.717, 1.165) is 0 Å². The van der Waals surface area contributed by atoms with Gasteiger partial charge in [0.2, 0.25) is 0 Å². The van der Waals surface area contributed by atoms with E-state index in [1.54, 1.807) is 12.1 Å². The molecule has 0 aliphatic rings. The molecule has 13 heavy (non-hydrogen) atoms. The Morgan fingerprint density at radius 3 is 2.77 bits per heavy atom. The van der Waals surface area contributed by atoms with Crippen molar-refractivity contribution in [2.75, 3.05) is 6.61 Å². The summed E-state index contributed by atoms with van der Waals surface area (Å²) in [6, 6.07) is 4.69. The van der Waals surface area contributed by atoms with Crippen LogP contribution < -0.4 is 0 Å². The van der Waals surface area contributed by atoms with Gasteiger partial charge in [-0.15, -0.1) is 12.6 Å². The minimum Gasteiger partial charge on any atom is -0.396 e. The van der Waals surface area contributed by atoms with E-state index in [4.69, 9.17) is 5.11 Å². The Kier molecular flexibility index (Phi) is 3.27. The molecule has 0 aliphatic carbocycles. The summed E-state index contributed by atoms with van der Waals surface area (Å²) in [5.41, 5.74) is 0.675. The average molecular weight is 199 g/mol. The molecule has 70 valence electrons. The zero-order valence-corrected chi connectivity index (χ0v) is 7.70. The summed E-state index contributed by atoms with van der Waals surface area (Å²) in [5, 5.41) is 19.1. The Morgan fingerprint density at radius 1 is 1.54 bits per heavy atom. The number of nitro groups is 1. The first-order chi connectivity index (χ1) is 6.16. The van der Waals surface area contributed by atoms with Crippen molar-refractivity contribution in [3.8, 4) is 0 Å². The molecule has 0 radical (unpaired) electrons. The summed E-state index contributed by atoms with van der Waals surface area (Å²) >= 11 is 4.03. The van der Waals surface area contributed by atoms with Crippen LogP contribution in [0.4, 0.5) is 5.69 Å². The Morgan fingerprint density at radius 2 is 2.23 bits per heavy atom. The van der Waals surface area contributed by atoms with E-state index in [1.165, 1.54) is 6.07 Å². The molecule has 0 heterocycles. The smallest absolute Gasteiger partial charge is 0.282 e. The maximum Gasteiger partial charge on any atom is 0.282 e. The van der Waals surface area contributed by atoms with Crippen LogP contribution in [0, 0.1) is 10.1 Å². The number of hydrogen-bond donors (Lipinski definition) is 2. The molecule has 5 heteroatoms. The number of nitrogens with zero attached hydrogens (tertiary/aromatic N) is 1. The molecule has 1 rings (SSSR count). The molecule has 0 saturated carbocycles. The van der Waals surface area contributed by atoms with Gasteiger partial charge in [0.15, 0.2) is 0 Å². The van der Waals surface area contributed by atoms with Crippen LogP contribution >= 0.6 is 12.6 Å². The standard InChI is InChI=1S/C8H9NO3S/c10-5-4-6-2-1-3-7(8(6)13)9(11)12/h1-3,10,13H,4-5H2. The molecule has 0 amide bonds. The van der Waals surface area contributed by atoms with Crippen molar-refractivity contribution in [3.05, 3.63) is 33.9 Å². The summed E-state index contributed by atoms with van der Waals surface area (Å²) < 4.78 is 0. The maximum absolute atomic E-state index is 10.5. The van der Waals surface area contributed by atoms with Gasteiger partial charge in [-0.1, -0.05) is 12.1 Å². The zero-order chi connectivity index (χ0) is 9.84. The van der Waals surface area contributed by atoms with Crippen LogP contribution in [0.2, 0.25) is 0 Å². The number of hydrogen-bond acceptors (Lipinski definition) is 4. The van der Waals surface area contributed by atoms with Gasteiger partial charge in [0.25, 0.3) is 5.69 Å². The van der Waals surface area contributed by atoms with E-state index in [9.17, 15) is 10.1 Å². The quantitative estimate of drug-likeness (QED) is 0.439. The Balaban J connectivity index is 3.10. The van der Waals surface area contributed by atoms with Gasteiger partial charge in [0, 0.05) is 12.7 Å². The molecule has 1 aromatic rings. The van der Waals surface area contributed by atoms with E-state index in [-0.39, 0.29) is 12.3 Å². The van der Waals surface area contributed by atoms with Crippen LogP contribution in [-0.4, -0.2) is 16.6 Å². The first kappa shape index (κ1) is 10.0. The first-order valence-corrected chi connectivity index (χ1v) is 4.17. The second-order valence-electron chi connectivity index (χ2n) is 2.52. The minimum atomic E-state index is -0.483. The van der Waals surface area contributed by atoms with Crippen LogP contribution in [0.5, 0.6) is 0 Å². The number of rotatable bonds is 3. The molecule has 0 saturated heterocycles. The summed E-state index contributed by atoms with van der Waals surface area (Å²) in [7, 11) is 0. The molecule has 0 spiro atoms. The monoisotopic (exact) mass is 199 g/mol. The van der Waals surface area contributed by atoms with Gasteiger partial charge < -0.3 is 5.11 Å². The van der Waals surface area contributed by atoms with Gasteiger partial charge in [-0.25, -0.2) is 0 Å². The average Bonchev–Trinajstić information content (AvgIpc) is 2.08. The van der Waals surface area contributed by atoms with E-state index in [0.29, 0.717) is 16.9 Å². The highest BCUT2D eigenvalue weighted by Crippen LogP contribution is 2.25. The summed E-state index contributed by atoms with van der Waals surface area (Å²) in [5.74, 6) is 0. The second-order valence-corrected chi connectivity index (χ2v) is 2.96. The highest BCUT2D eigenvalue weighted by Gasteiger charge is 2.13. The fourth-order valence-electron chi connectivity index (χ4n) is 1.05. The number of thiol groups is 1. The highest BCUT2D eigenvalue weighted by atomic mass is 32.1. The van der Waals surface area contributed by atoms with Crippen LogP contribution in [0.3, 0.4) is 0 Å². The van der Waals surface area contributed by atoms with Crippen molar-refractivity contribution in [2.45, 2.75) is 11.3 Å². The first-order valence-electron chi connectivity index (χ1n) is 3.73. The molecule has 4 nitrogen and oxygen atoms in total. The van der Waals surface area contributed by atoms with Gasteiger partial charge in [0.05, 0.1) is 9.82 Å². The van der Waals surface area contributed by atoms with Crippen molar-refractivity contribution in [3.63, 3.8) is 0 Å². The van der Waals surface area contributed by atoms with Gasteiger partial charge in [-0.2, -0.15) is 0 Å². The molecular formula is C8H9NO3S. The van der Waals surface area contributed by atoms with E-state index in [2.05, 4.69) is 12.6 Å². The zero-order valence-electron chi connectivity index (χ0n) is 6.80. The number of nitro benzene ring substituents is 1. The van der Waals surface area contributed by atoms with Gasteiger partial charge >= 0.3 is 0 Å². The van der Waals surface area contributed by atoms with Crippen molar-refractivity contribution in [1.29, 1.82) is 0 Å². The van der Waals surface area contributed by atoms with Crippen LogP contribution in [-0.2, 0) is 6.42 Å². The summed E-state index contributed by atoms with van der Waals surface area (Å²) in [6.07, 6.45) is 0.389. The third-order valence-corrected chi connectivity index (χ3v) is 2.19. The molecule has 0 aliphatic heterocycles. The normalized spacial score (nSPS) is 10.0. The SMILES string of the molecule is O=[N+]([O-])c1cccc(CCO)c1S. The van der Waals surface area contributed by atoms with E-state index >= 15 is 0 Å². The molecule has 0 atom stereocenters. The van der Waals surface area contributed by atoms with Crippen molar-refractivity contribution in [1.82, 2.24) is 0 Å². The predicted molar refractivity (Wildman–Crippen MR) is 51.1 cm³/mol. The molecule has 0 bridgehead atoms. The highest BCUT2D eigenvalue weighted by molar-refractivity contribution is 7.80. The van der Waals surface area contributed by atoms with Crippen molar-refractivity contribution >= 4 is 18.3 Å². The lowest BCUT2D eigenvalue weighted by Gasteiger charge is -2.02. The molecule has 0 aromatic heterocycles. The van der Waals surface area contributed by atoms with E-state index in [1.807, 2.05) is 0 Å². The summed E-state index contributed by atoms with van der Waals surface area (Å²) in [4.78, 5) is 10.3. The van der Waals surface area contributed by atoms with Gasteiger partial charge in [-0.3, -0.25) is 10.1 Å². The third-order valence-electron chi connectivity index (χ3n) is 1.68. The largest absolute Gasteiger partial charge is 0.396 e. The Labute approximate surface area is 80.8 Å². The van der Waals surface area contributed by atoms with Crippen molar-refractivity contribution < 1.29 is 10.0 Å². The van der Waals surface area contributed by atoms with Gasteiger partial charge in [-0.05, 0) is 12.0 Å². The number of benzene rings is 1. The Hall–Kier alpha value is -1.07. The number of aliphatic hydroxyl groups excluding tert-OH is 1. The fraction of sp³-hybridized carbons (Fsp3) is 0.250. The minimum absolute atomic E-state index is 0.0192. The lowest BCUT2D eigenvalue weighted by molar-refractivity contribution is -0.387. The van der Waals surface area contributed by atoms with Crippen LogP contribution in [0.25, 0.3) is 0 Å². The number of aliphatic hydroxyl groups is 1. The van der Waals surface area contributed by atoms with Crippen LogP contribution in [0.15, 0.2) is 23.1 Å². The second kappa shape index (κ2) is 4.25. The van der Waals surface area contributed by atoms with Crippen molar-refractivity contribution in [2.24, 2.45) is 0 Å². The van der Waals surface area contributed by atoms with Gasteiger partial charge in [0.1, 0.15) is 0 Å². The molecule has 0 fully saturated rings. The summed E-state index contributed by atoms with van der Waals surface area (Å²) in [6.45, 7) is -0.0330. The van der Waals surface area contributed by atoms with E-state index < -0.39 is 4.92 Å². The molecule has 1 N–H and O–H groups in total. The van der Waals surface area contributed by atoms with Crippen LogP contribution in [0.1, 0.15) is 5.56 Å². The molecular weight excluding hydrogens is 190 g/mol. The Bertz CT molecular complexity index is 327. The maximum atomic E-state index is 10.5. The molecule has 0 unspecified atom stereocenters. The lowest BCUT2D eigenvalue weighted by Crippen LogP contribution is -1.96. The third kappa shape index (κ3) is 2.19.